The van der Waals surface area contributed by atoms with E-state index in [9.17, 15) is 0 Å². The molecule has 1 aliphatic rings. The molecule has 1 nitrogen and oxygen atoms in total. The summed E-state index contributed by atoms with van der Waals surface area (Å²) in [5.41, 5.74) is 2.00. The molecule has 70 valence electrons. The average molecular weight is 167 g/mol. The molecule has 0 unspecified atom stereocenters. The second kappa shape index (κ2) is 4.08. The highest BCUT2D eigenvalue weighted by atomic mass is 14.9. The monoisotopic (exact) mass is 167 g/mol. The van der Waals surface area contributed by atoms with E-state index in [-0.39, 0.29) is 0 Å². The van der Waals surface area contributed by atoms with Gasteiger partial charge in [0, 0.05) is 13.1 Å². The summed E-state index contributed by atoms with van der Waals surface area (Å²) in [6.45, 7) is 10.6. The minimum absolute atomic E-state index is 0.675. The largest absolute Gasteiger partial charge is 0.312 e. The zero-order chi connectivity index (χ0) is 9.03. The van der Waals surface area contributed by atoms with Gasteiger partial charge in [-0.15, -0.1) is 0 Å². The van der Waals surface area contributed by atoms with Crippen LogP contribution in [0.3, 0.4) is 0 Å². The van der Waals surface area contributed by atoms with E-state index < -0.39 is 0 Å². The van der Waals surface area contributed by atoms with E-state index in [1.165, 1.54) is 31.4 Å². The first-order valence-electron chi connectivity index (χ1n) is 5.10. The normalized spacial score (nSPS) is 19.2. The molecule has 0 spiro atoms. The van der Waals surface area contributed by atoms with Gasteiger partial charge >= 0.3 is 0 Å². The van der Waals surface area contributed by atoms with Crippen molar-refractivity contribution in [2.24, 2.45) is 5.41 Å². The molecule has 0 amide bonds. The lowest BCUT2D eigenvalue weighted by Gasteiger charge is -2.13. The van der Waals surface area contributed by atoms with E-state index >= 15 is 0 Å². The maximum atomic E-state index is 3.98. The Labute approximate surface area is 76.2 Å². The Morgan fingerprint density at radius 3 is 2.50 bits per heavy atom. The summed E-state index contributed by atoms with van der Waals surface area (Å²) in [5.74, 6) is 0. The van der Waals surface area contributed by atoms with Crippen LogP contribution in [0.5, 0.6) is 0 Å². The zero-order valence-electron chi connectivity index (χ0n) is 8.45. The van der Waals surface area contributed by atoms with Gasteiger partial charge < -0.3 is 5.32 Å². The first-order valence-corrected chi connectivity index (χ1v) is 5.10. The molecule has 12 heavy (non-hydrogen) atoms. The molecule has 1 saturated carbocycles. The quantitative estimate of drug-likeness (QED) is 0.600. The van der Waals surface area contributed by atoms with Gasteiger partial charge in [-0.3, -0.25) is 0 Å². The number of hydrogen-bond donors (Lipinski definition) is 1. The van der Waals surface area contributed by atoms with Crippen LogP contribution in [0, 0.1) is 5.41 Å². The van der Waals surface area contributed by atoms with Crippen LogP contribution in [0.15, 0.2) is 12.2 Å². The van der Waals surface area contributed by atoms with Crippen LogP contribution in [-0.4, -0.2) is 13.1 Å². The maximum absolute atomic E-state index is 3.98. The fourth-order valence-corrected chi connectivity index (χ4v) is 1.46. The lowest BCUT2D eigenvalue weighted by molar-refractivity contribution is 0.453. The Kier molecular flexibility index (Phi) is 3.33. The third-order valence-corrected chi connectivity index (χ3v) is 3.08. The van der Waals surface area contributed by atoms with E-state index in [0.29, 0.717) is 5.41 Å². The topological polar surface area (TPSA) is 12.0 Å². The molecule has 1 heteroatoms. The Balaban J connectivity index is 2.06. The van der Waals surface area contributed by atoms with Gasteiger partial charge in [-0.2, -0.15) is 0 Å². The Morgan fingerprint density at radius 2 is 2.08 bits per heavy atom. The lowest BCUT2D eigenvalue weighted by Crippen LogP contribution is -2.25. The molecule has 0 saturated heterocycles. The van der Waals surface area contributed by atoms with E-state index in [2.05, 4.69) is 25.7 Å². The summed E-state index contributed by atoms with van der Waals surface area (Å²) in [6, 6.07) is 0. The van der Waals surface area contributed by atoms with E-state index in [4.69, 9.17) is 0 Å². The van der Waals surface area contributed by atoms with Crippen molar-refractivity contribution in [2.75, 3.05) is 13.1 Å². The summed E-state index contributed by atoms with van der Waals surface area (Å²) in [6.07, 6.45) is 5.29. The van der Waals surface area contributed by atoms with E-state index in [1.54, 1.807) is 0 Å². The molecule has 0 aromatic rings. The van der Waals surface area contributed by atoms with Crippen molar-refractivity contribution in [1.82, 2.24) is 5.32 Å². The second-order valence-corrected chi connectivity index (χ2v) is 4.06. The maximum Gasteiger partial charge on any atom is 0.0162 e. The van der Waals surface area contributed by atoms with E-state index in [1.807, 2.05) is 0 Å². The zero-order valence-corrected chi connectivity index (χ0v) is 8.45. The van der Waals surface area contributed by atoms with Gasteiger partial charge in [0.15, 0.2) is 0 Å². The first kappa shape index (κ1) is 9.79. The molecule has 1 N–H and O–H groups in total. The number of nitrogens with one attached hydrogen (secondary N) is 1. The van der Waals surface area contributed by atoms with Crippen LogP contribution in [0.1, 0.15) is 39.5 Å². The predicted molar refractivity (Wildman–Crippen MR) is 54.3 cm³/mol. The fraction of sp³-hybridized carbons (Fsp3) is 0.818. The third kappa shape index (κ3) is 2.63. The highest BCUT2D eigenvalue weighted by molar-refractivity contribution is 4.98. The summed E-state index contributed by atoms with van der Waals surface area (Å²) in [7, 11) is 0. The van der Waals surface area contributed by atoms with Crippen molar-refractivity contribution in [3.8, 4) is 0 Å². The number of hydrogen-bond acceptors (Lipinski definition) is 1. The Morgan fingerprint density at radius 1 is 1.42 bits per heavy atom. The Hall–Kier alpha value is -0.300. The summed E-state index contributed by atoms with van der Waals surface area (Å²) >= 11 is 0. The van der Waals surface area contributed by atoms with Crippen LogP contribution >= 0.6 is 0 Å². The number of rotatable bonds is 6. The summed E-state index contributed by atoms with van der Waals surface area (Å²) in [4.78, 5) is 0. The smallest absolute Gasteiger partial charge is 0.0162 e. The average Bonchev–Trinajstić information content (AvgIpc) is 2.85. The molecule has 1 rings (SSSR count). The predicted octanol–water partition coefficient (Wildman–Crippen LogP) is 2.73. The van der Waals surface area contributed by atoms with Crippen molar-refractivity contribution in [3.63, 3.8) is 0 Å². The molecular weight excluding hydrogens is 146 g/mol. The second-order valence-electron chi connectivity index (χ2n) is 4.06. The van der Waals surface area contributed by atoms with Crippen molar-refractivity contribution >= 4 is 0 Å². The van der Waals surface area contributed by atoms with Gasteiger partial charge in [0.2, 0.25) is 0 Å². The van der Waals surface area contributed by atoms with Crippen LogP contribution in [0.25, 0.3) is 0 Å². The standard InChI is InChI=1S/C11H21N/c1-4-10(3)8-12-9-11(5-2)6-7-11/h12H,3-9H2,1-2H3. The van der Waals surface area contributed by atoms with Gasteiger partial charge in [0.1, 0.15) is 0 Å². The summed E-state index contributed by atoms with van der Waals surface area (Å²) < 4.78 is 0. The molecule has 1 fully saturated rings. The van der Waals surface area contributed by atoms with Crippen molar-refractivity contribution in [3.05, 3.63) is 12.2 Å². The van der Waals surface area contributed by atoms with Crippen molar-refractivity contribution in [2.45, 2.75) is 39.5 Å². The summed E-state index contributed by atoms with van der Waals surface area (Å²) in [5, 5.41) is 3.49. The minimum Gasteiger partial charge on any atom is -0.312 e. The van der Waals surface area contributed by atoms with Crippen molar-refractivity contribution < 1.29 is 0 Å². The molecule has 0 atom stereocenters. The van der Waals surface area contributed by atoms with Gasteiger partial charge in [0.25, 0.3) is 0 Å². The molecule has 1 aliphatic carbocycles. The molecular formula is C11H21N. The third-order valence-electron chi connectivity index (χ3n) is 3.08. The van der Waals surface area contributed by atoms with Gasteiger partial charge in [-0.25, -0.2) is 0 Å². The fourth-order valence-electron chi connectivity index (χ4n) is 1.46. The highest BCUT2D eigenvalue weighted by Gasteiger charge is 2.39. The van der Waals surface area contributed by atoms with Crippen LogP contribution in [0.4, 0.5) is 0 Å². The molecule has 0 heterocycles. The van der Waals surface area contributed by atoms with Crippen LogP contribution < -0.4 is 5.32 Å². The van der Waals surface area contributed by atoms with Crippen LogP contribution in [-0.2, 0) is 0 Å². The van der Waals surface area contributed by atoms with Gasteiger partial charge in [-0.05, 0) is 31.1 Å². The first-order chi connectivity index (χ1) is 5.72. The van der Waals surface area contributed by atoms with Crippen LogP contribution in [0.2, 0.25) is 0 Å². The molecule has 0 aromatic heterocycles. The SMILES string of the molecule is C=C(CC)CNCC1(CC)CC1. The van der Waals surface area contributed by atoms with Gasteiger partial charge in [0.05, 0.1) is 0 Å². The molecule has 0 bridgehead atoms. The minimum atomic E-state index is 0.675. The van der Waals surface area contributed by atoms with Crippen molar-refractivity contribution in [1.29, 1.82) is 0 Å². The van der Waals surface area contributed by atoms with E-state index in [0.717, 1.165) is 13.0 Å². The Bertz CT molecular complexity index is 156. The highest BCUT2D eigenvalue weighted by Crippen LogP contribution is 2.47. The molecule has 0 aromatic carbocycles. The van der Waals surface area contributed by atoms with Gasteiger partial charge in [-0.1, -0.05) is 26.0 Å². The molecule has 0 radical (unpaired) electrons. The lowest BCUT2D eigenvalue weighted by atomic mass is 10.0. The molecule has 0 aliphatic heterocycles.